The first-order chi connectivity index (χ1) is 14.8. The lowest BCUT2D eigenvalue weighted by atomic mass is 9.69. The van der Waals surface area contributed by atoms with Gasteiger partial charge >= 0.3 is 5.97 Å². The van der Waals surface area contributed by atoms with Crippen LogP contribution >= 0.6 is 0 Å². The fourth-order valence-electron chi connectivity index (χ4n) is 3.91. The van der Waals surface area contributed by atoms with Gasteiger partial charge in [-0.05, 0) is 30.7 Å². The monoisotopic (exact) mass is 425 g/mol. The third kappa shape index (κ3) is 4.25. The molecule has 2 aliphatic heterocycles. The highest BCUT2D eigenvalue weighted by Gasteiger charge is 2.60. The average molecular weight is 425 g/mol. The second-order valence-electron chi connectivity index (χ2n) is 7.56. The van der Waals surface area contributed by atoms with Gasteiger partial charge in [-0.3, -0.25) is 14.4 Å². The van der Waals surface area contributed by atoms with E-state index in [1.165, 1.54) is 25.3 Å². The molecule has 0 aromatic rings. The topological polar surface area (TPSA) is 119 Å². The van der Waals surface area contributed by atoms with Crippen LogP contribution in [0.5, 0.6) is 0 Å². The summed E-state index contributed by atoms with van der Waals surface area (Å²) >= 11 is 0. The summed E-state index contributed by atoms with van der Waals surface area (Å²) in [7, 11) is 0. The van der Waals surface area contributed by atoms with Crippen molar-refractivity contribution >= 4 is 17.5 Å². The zero-order valence-corrected chi connectivity index (χ0v) is 17.2. The van der Waals surface area contributed by atoms with Crippen molar-refractivity contribution in [2.75, 3.05) is 6.61 Å². The number of nitroso groups, excluding NO2 is 1. The fourth-order valence-corrected chi connectivity index (χ4v) is 3.91. The Bertz CT molecular complexity index is 982. The average Bonchev–Trinajstić information content (AvgIpc) is 3.02. The molecule has 0 saturated carbocycles. The number of ketones is 2. The zero-order chi connectivity index (χ0) is 22.6. The number of nitrogens with zero attached hydrogens (tertiary/aromatic N) is 1. The third-order valence-electron chi connectivity index (χ3n) is 5.51. The van der Waals surface area contributed by atoms with Gasteiger partial charge < -0.3 is 14.6 Å². The van der Waals surface area contributed by atoms with E-state index in [1.807, 2.05) is 13.0 Å². The standard InChI is InChI=1S/C23H23NO7/c1-3-4-5-6-7-8-15(26)11-19(24-29)20-18-10-14-9-16(12-25)30-13-17(14)21(27)23(18,2)31-22(20)28/h3-8,10-11,13,16,18,20,25H,9,12H2,1-2H3/b4-3+,6-5+,8-7+,19-11-. The van der Waals surface area contributed by atoms with Crippen LogP contribution in [0.1, 0.15) is 20.3 Å². The highest BCUT2D eigenvalue weighted by molar-refractivity contribution is 6.09. The first kappa shape index (κ1) is 22.3. The molecule has 0 bridgehead atoms. The van der Waals surface area contributed by atoms with Gasteiger partial charge in [-0.1, -0.05) is 36.5 Å². The lowest BCUT2D eigenvalue weighted by Gasteiger charge is -2.36. The van der Waals surface area contributed by atoms with Crippen molar-refractivity contribution < 1.29 is 29.0 Å². The molecule has 31 heavy (non-hydrogen) atoms. The zero-order valence-electron chi connectivity index (χ0n) is 17.2. The van der Waals surface area contributed by atoms with Crippen molar-refractivity contribution in [1.29, 1.82) is 0 Å². The molecule has 162 valence electrons. The largest absolute Gasteiger partial charge is 0.495 e. The number of Topliss-reactive ketones (excluding diaryl/α,β-unsaturated/α-hetero) is 1. The molecule has 8 heteroatoms. The summed E-state index contributed by atoms with van der Waals surface area (Å²) in [5.41, 5.74) is -0.960. The maximum absolute atomic E-state index is 13.1. The Labute approximate surface area is 179 Å². The minimum Gasteiger partial charge on any atom is -0.495 e. The molecule has 0 amide bonds. The summed E-state index contributed by atoms with van der Waals surface area (Å²) in [6.07, 6.45) is 13.4. The second-order valence-corrected chi connectivity index (χ2v) is 7.56. The van der Waals surface area contributed by atoms with Crippen molar-refractivity contribution in [3.8, 4) is 0 Å². The number of hydrogen-bond donors (Lipinski definition) is 1. The van der Waals surface area contributed by atoms with Crippen molar-refractivity contribution in [1.82, 2.24) is 0 Å². The number of carbonyl (C=O) groups excluding carboxylic acids is 3. The molecule has 3 rings (SSSR count). The van der Waals surface area contributed by atoms with Crippen molar-refractivity contribution in [2.24, 2.45) is 17.0 Å². The molecular formula is C23H23NO7. The smallest absolute Gasteiger partial charge is 0.316 e. The fraction of sp³-hybridized carbons (Fsp3) is 0.348. The number of fused-ring (bicyclic) bond motifs is 2. The highest BCUT2D eigenvalue weighted by Crippen LogP contribution is 2.49. The molecule has 4 unspecified atom stereocenters. The summed E-state index contributed by atoms with van der Waals surface area (Å²) in [6, 6.07) is 0. The predicted molar refractivity (Wildman–Crippen MR) is 111 cm³/mol. The van der Waals surface area contributed by atoms with Crippen LogP contribution in [0.4, 0.5) is 0 Å². The third-order valence-corrected chi connectivity index (χ3v) is 5.51. The number of hydrogen-bond acceptors (Lipinski definition) is 8. The first-order valence-electron chi connectivity index (χ1n) is 9.85. The van der Waals surface area contributed by atoms with E-state index in [1.54, 1.807) is 24.3 Å². The Kier molecular flexibility index (Phi) is 6.60. The number of aliphatic hydroxyl groups is 1. The van der Waals surface area contributed by atoms with E-state index in [-0.39, 0.29) is 24.3 Å². The van der Waals surface area contributed by atoms with Gasteiger partial charge in [0.15, 0.2) is 11.4 Å². The van der Waals surface area contributed by atoms with Gasteiger partial charge in [-0.2, -0.15) is 0 Å². The van der Waals surface area contributed by atoms with Crippen LogP contribution in [-0.4, -0.2) is 41.0 Å². The first-order valence-corrected chi connectivity index (χ1v) is 9.85. The summed E-state index contributed by atoms with van der Waals surface area (Å²) in [5.74, 6) is -3.78. The minimum atomic E-state index is -1.54. The maximum Gasteiger partial charge on any atom is 0.316 e. The maximum atomic E-state index is 13.1. The molecule has 1 N–H and O–H groups in total. The number of esters is 1. The quantitative estimate of drug-likeness (QED) is 0.288. The van der Waals surface area contributed by atoms with E-state index in [4.69, 9.17) is 9.47 Å². The van der Waals surface area contributed by atoms with Gasteiger partial charge in [0.05, 0.1) is 18.4 Å². The van der Waals surface area contributed by atoms with Crippen LogP contribution in [0.15, 0.2) is 76.9 Å². The van der Waals surface area contributed by atoms with E-state index in [0.717, 1.165) is 6.08 Å². The normalized spacial score (nSPS) is 30.7. The predicted octanol–water partition coefficient (Wildman–Crippen LogP) is 2.62. The van der Waals surface area contributed by atoms with Crippen molar-refractivity contribution in [2.45, 2.75) is 32.0 Å². The summed E-state index contributed by atoms with van der Waals surface area (Å²) < 4.78 is 10.7. The molecule has 1 fully saturated rings. The van der Waals surface area contributed by atoms with E-state index in [2.05, 4.69) is 5.18 Å². The molecule has 4 atom stereocenters. The number of rotatable bonds is 7. The van der Waals surface area contributed by atoms with Gasteiger partial charge in [-0.25, -0.2) is 0 Å². The molecular weight excluding hydrogens is 402 g/mol. The lowest BCUT2D eigenvalue weighted by Crippen LogP contribution is -2.46. The van der Waals surface area contributed by atoms with E-state index >= 15 is 0 Å². The van der Waals surface area contributed by atoms with Gasteiger partial charge in [0, 0.05) is 18.4 Å². The van der Waals surface area contributed by atoms with Gasteiger partial charge in [-0.15, -0.1) is 4.91 Å². The van der Waals surface area contributed by atoms with Crippen molar-refractivity contribution in [3.05, 3.63) is 76.6 Å². The summed E-state index contributed by atoms with van der Waals surface area (Å²) in [4.78, 5) is 49.5. The van der Waals surface area contributed by atoms with Crippen LogP contribution in [0.25, 0.3) is 0 Å². The number of carbonyl (C=O) groups is 3. The number of aliphatic hydroxyl groups excluding tert-OH is 1. The van der Waals surface area contributed by atoms with Gasteiger partial charge in [0.25, 0.3) is 0 Å². The Morgan fingerprint density at radius 2 is 2.03 bits per heavy atom. The molecule has 3 aliphatic rings. The van der Waals surface area contributed by atoms with Crippen molar-refractivity contribution in [3.63, 3.8) is 0 Å². The molecule has 2 heterocycles. The molecule has 0 aromatic heterocycles. The summed E-state index contributed by atoms with van der Waals surface area (Å²) in [5, 5.41) is 12.3. The van der Waals surface area contributed by atoms with Crippen LogP contribution in [-0.2, 0) is 23.9 Å². The Morgan fingerprint density at radius 1 is 1.29 bits per heavy atom. The van der Waals surface area contributed by atoms with Crippen LogP contribution in [0.3, 0.4) is 0 Å². The van der Waals surface area contributed by atoms with Gasteiger partial charge in [0.1, 0.15) is 17.7 Å². The molecule has 0 spiro atoms. The summed E-state index contributed by atoms with van der Waals surface area (Å²) in [6.45, 7) is 3.09. The second kappa shape index (κ2) is 9.18. The van der Waals surface area contributed by atoms with Crippen LogP contribution in [0.2, 0.25) is 0 Å². The Morgan fingerprint density at radius 3 is 2.71 bits per heavy atom. The van der Waals surface area contributed by atoms with E-state index < -0.39 is 41.1 Å². The van der Waals surface area contributed by atoms with E-state index in [0.29, 0.717) is 5.57 Å². The van der Waals surface area contributed by atoms with Crippen LogP contribution < -0.4 is 0 Å². The Hall–Kier alpha value is -3.39. The highest BCUT2D eigenvalue weighted by atomic mass is 16.6. The molecule has 0 aromatic carbocycles. The minimum absolute atomic E-state index is 0.236. The SMILES string of the molecule is C/C=C/C=C/C=C/C(=O)/C=C(\N=O)C1C(=O)OC2(C)C(=O)C3=COC(CO)CC3=CC12. The van der Waals surface area contributed by atoms with Crippen LogP contribution in [0, 0.1) is 16.7 Å². The molecule has 8 nitrogen and oxygen atoms in total. The van der Waals surface area contributed by atoms with Gasteiger partial charge in [0.2, 0.25) is 5.78 Å². The van der Waals surface area contributed by atoms with E-state index in [9.17, 15) is 24.4 Å². The molecule has 1 aliphatic carbocycles. The molecule has 1 saturated heterocycles. The number of ether oxygens (including phenoxy) is 2. The lowest BCUT2D eigenvalue weighted by molar-refractivity contribution is -0.156. The molecule has 0 radical (unpaired) electrons. The number of allylic oxidation sites excluding steroid dienone is 7. The Balaban J connectivity index is 1.93.